The minimum absolute atomic E-state index is 0.164. The standard InChI is InChI=1S/C22H34O4/c1-2-3-4-5-6-7-8-9-10-12-15-19(18-21(23)24)22(25)26-20-16-13-11-14-17-20/h11,13-14,16-17,19H,2-10,12,15,18H2,1H3,(H,23,24). The summed E-state index contributed by atoms with van der Waals surface area (Å²) in [5, 5.41) is 9.05. The Labute approximate surface area is 158 Å². The summed E-state index contributed by atoms with van der Waals surface area (Å²) >= 11 is 0. The summed E-state index contributed by atoms with van der Waals surface area (Å²) in [6.45, 7) is 2.23. The Hall–Kier alpha value is -1.84. The topological polar surface area (TPSA) is 63.6 Å². The van der Waals surface area contributed by atoms with E-state index < -0.39 is 17.9 Å². The second kappa shape index (κ2) is 14.3. The van der Waals surface area contributed by atoms with Crippen molar-refractivity contribution in [2.45, 2.75) is 84.0 Å². The van der Waals surface area contributed by atoms with Crippen LogP contribution in [0.25, 0.3) is 0 Å². The molecule has 0 amide bonds. The molecule has 4 heteroatoms. The molecule has 0 saturated carbocycles. The number of aliphatic carboxylic acids is 1. The van der Waals surface area contributed by atoms with Crippen molar-refractivity contribution in [1.29, 1.82) is 0 Å². The van der Waals surface area contributed by atoms with E-state index in [2.05, 4.69) is 6.92 Å². The van der Waals surface area contributed by atoms with Gasteiger partial charge in [0.25, 0.3) is 0 Å². The Kier molecular flexibility index (Phi) is 12.2. The molecule has 0 bridgehead atoms. The first-order chi connectivity index (χ1) is 12.6. The fourth-order valence-corrected chi connectivity index (χ4v) is 3.08. The molecule has 1 N–H and O–H groups in total. The van der Waals surface area contributed by atoms with Crippen LogP contribution in [-0.4, -0.2) is 17.0 Å². The Morgan fingerprint density at radius 2 is 1.42 bits per heavy atom. The van der Waals surface area contributed by atoms with E-state index in [9.17, 15) is 9.59 Å². The molecule has 0 saturated heterocycles. The van der Waals surface area contributed by atoms with Gasteiger partial charge in [-0.1, -0.05) is 89.3 Å². The Morgan fingerprint density at radius 3 is 1.96 bits per heavy atom. The van der Waals surface area contributed by atoms with Crippen LogP contribution in [0.2, 0.25) is 0 Å². The van der Waals surface area contributed by atoms with E-state index >= 15 is 0 Å². The third-order valence-electron chi connectivity index (χ3n) is 4.62. The molecule has 0 aromatic heterocycles. The fraction of sp³-hybridized carbons (Fsp3) is 0.636. The molecule has 1 atom stereocenters. The van der Waals surface area contributed by atoms with Crippen molar-refractivity contribution in [3.63, 3.8) is 0 Å². The number of carboxylic acid groups (broad SMARTS) is 1. The molecular formula is C22H34O4. The number of carboxylic acids is 1. The van der Waals surface area contributed by atoms with Gasteiger partial charge in [-0.3, -0.25) is 9.59 Å². The van der Waals surface area contributed by atoms with E-state index in [0.29, 0.717) is 12.2 Å². The molecule has 1 rings (SSSR count). The number of ether oxygens (including phenoxy) is 1. The molecule has 146 valence electrons. The van der Waals surface area contributed by atoms with Gasteiger partial charge < -0.3 is 9.84 Å². The van der Waals surface area contributed by atoms with Crippen molar-refractivity contribution in [1.82, 2.24) is 0 Å². The molecule has 0 spiro atoms. The molecular weight excluding hydrogens is 328 g/mol. The van der Waals surface area contributed by atoms with Crippen molar-refractivity contribution >= 4 is 11.9 Å². The number of carbonyl (C=O) groups excluding carboxylic acids is 1. The van der Waals surface area contributed by atoms with Gasteiger partial charge in [-0.25, -0.2) is 0 Å². The van der Waals surface area contributed by atoms with Crippen molar-refractivity contribution in [2.24, 2.45) is 5.92 Å². The Bertz CT molecular complexity index is 498. The minimum atomic E-state index is -0.952. The first kappa shape index (κ1) is 22.2. The summed E-state index contributed by atoms with van der Waals surface area (Å²) in [4.78, 5) is 23.3. The fourth-order valence-electron chi connectivity index (χ4n) is 3.08. The van der Waals surface area contributed by atoms with Gasteiger partial charge in [-0.05, 0) is 18.6 Å². The van der Waals surface area contributed by atoms with E-state index in [-0.39, 0.29) is 6.42 Å². The zero-order chi connectivity index (χ0) is 19.0. The average Bonchev–Trinajstić information content (AvgIpc) is 2.62. The molecule has 0 fully saturated rings. The number of benzene rings is 1. The lowest BCUT2D eigenvalue weighted by atomic mass is 9.97. The third-order valence-corrected chi connectivity index (χ3v) is 4.62. The van der Waals surface area contributed by atoms with Crippen LogP contribution in [-0.2, 0) is 9.59 Å². The molecule has 0 heterocycles. The molecule has 0 aliphatic rings. The van der Waals surface area contributed by atoms with Crippen LogP contribution >= 0.6 is 0 Å². The molecule has 1 aromatic rings. The van der Waals surface area contributed by atoms with E-state index in [1.165, 1.54) is 44.9 Å². The maximum Gasteiger partial charge on any atom is 0.314 e. The molecule has 1 unspecified atom stereocenters. The van der Waals surface area contributed by atoms with Gasteiger partial charge in [0.2, 0.25) is 0 Å². The average molecular weight is 363 g/mol. The van der Waals surface area contributed by atoms with Gasteiger partial charge in [0, 0.05) is 0 Å². The predicted octanol–water partition coefficient (Wildman–Crippen LogP) is 5.99. The highest BCUT2D eigenvalue weighted by Gasteiger charge is 2.23. The molecule has 1 aromatic carbocycles. The Morgan fingerprint density at radius 1 is 0.885 bits per heavy atom. The monoisotopic (exact) mass is 362 g/mol. The Balaban J connectivity index is 2.21. The van der Waals surface area contributed by atoms with Crippen molar-refractivity contribution < 1.29 is 19.4 Å². The van der Waals surface area contributed by atoms with E-state index in [1.54, 1.807) is 24.3 Å². The summed E-state index contributed by atoms with van der Waals surface area (Å²) < 4.78 is 5.32. The first-order valence-electron chi connectivity index (χ1n) is 10.1. The maximum absolute atomic E-state index is 12.3. The predicted molar refractivity (Wildman–Crippen MR) is 104 cm³/mol. The van der Waals surface area contributed by atoms with Gasteiger partial charge in [-0.2, -0.15) is 0 Å². The van der Waals surface area contributed by atoms with E-state index in [0.717, 1.165) is 19.3 Å². The molecule has 0 radical (unpaired) electrons. The lowest BCUT2D eigenvalue weighted by Gasteiger charge is -2.14. The van der Waals surface area contributed by atoms with Crippen LogP contribution in [0, 0.1) is 5.92 Å². The molecule has 0 aliphatic heterocycles. The van der Waals surface area contributed by atoms with Gasteiger partial charge in [0.1, 0.15) is 5.75 Å². The largest absolute Gasteiger partial charge is 0.481 e. The number of carbonyl (C=O) groups is 2. The number of hydrogen-bond acceptors (Lipinski definition) is 3. The number of esters is 1. The lowest BCUT2D eigenvalue weighted by molar-refractivity contribution is -0.146. The zero-order valence-corrected chi connectivity index (χ0v) is 16.1. The van der Waals surface area contributed by atoms with Crippen LogP contribution in [0.3, 0.4) is 0 Å². The number of hydrogen-bond donors (Lipinski definition) is 1. The van der Waals surface area contributed by atoms with Crippen LogP contribution in [0.4, 0.5) is 0 Å². The quantitative estimate of drug-likeness (QED) is 0.236. The summed E-state index contributed by atoms with van der Waals surface area (Å²) in [5.74, 6) is -1.49. The van der Waals surface area contributed by atoms with Gasteiger partial charge in [0.15, 0.2) is 0 Å². The summed E-state index contributed by atoms with van der Waals surface area (Å²) in [6, 6.07) is 8.83. The highest BCUT2D eigenvalue weighted by atomic mass is 16.5. The zero-order valence-electron chi connectivity index (χ0n) is 16.1. The van der Waals surface area contributed by atoms with Crippen LogP contribution < -0.4 is 4.74 Å². The highest BCUT2D eigenvalue weighted by Crippen LogP contribution is 2.19. The highest BCUT2D eigenvalue weighted by molar-refractivity contribution is 5.80. The number of rotatable bonds is 15. The van der Waals surface area contributed by atoms with Crippen LogP contribution in [0.1, 0.15) is 84.0 Å². The minimum Gasteiger partial charge on any atom is -0.481 e. The van der Waals surface area contributed by atoms with Crippen molar-refractivity contribution in [3.05, 3.63) is 30.3 Å². The van der Waals surface area contributed by atoms with E-state index in [4.69, 9.17) is 9.84 Å². The number of para-hydroxylation sites is 1. The van der Waals surface area contributed by atoms with Gasteiger partial charge in [0.05, 0.1) is 12.3 Å². The van der Waals surface area contributed by atoms with E-state index in [1.807, 2.05) is 6.07 Å². The first-order valence-corrected chi connectivity index (χ1v) is 10.1. The normalized spacial score (nSPS) is 11.9. The lowest BCUT2D eigenvalue weighted by Crippen LogP contribution is -2.23. The molecule has 4 nitrogen and oxygen atoms in total. The maximum atomic E-state index is 12.3. The number of unbranched alkanes of at least 4 members (excludes halogenated alkanes) is 9. The van der Waals surface area contributed by atoms with Gasteiger partial charge >= 0.3 is 11.9 Å². The smallest absolute Gasteiger partial charge is 0.314 e. The summed E-state index contributed by atoms with van der Waals surface area (Å²) in [6.07, 6.45) is 12.6. The van der Waals surface area contributed by atoms with Gasteiger partial charge in [-0.15, -0.1) is 0 Å². The van der Waals surface area contributed by atoms with Crippen LogP contribution in [0.15, 0.2) is 30.3 Å². The van der Waals surface area contributed by atoms with Crippen molar-refractivity contribution in [3.8, 4) is 5.75 Å². The second-order valence-electron chi connectivity index (χ2n) is 7.00. The second-order valence-corrected chi connectivity index (χ2v) is 7.00. The van der Waals surface area contributed by atoms with Crippen molar-refractivity contribution in [2.75, 3.05) is 0 Å². The summed E-state index contributed by atoms with van der Waals surface area (Å²) in [5.41, 5.74) is 0. The molecule has 0 aliphatic carbocycles. The van der Waals surface area contributed by atoms with Crippen LogP contribution in [0.5, 0.6) is 5.75 Å². The summed E-state index contributed by atoms with van der Waals surface area (Å²) in [7, 11) is 0. The third kappa shape index (κ3) is 10.9. The molecule has 26 heavy (non-hydrogen) atoms. The SMILES string of the molecule is CCCCCCCCCCCCC(CC(=O)O)C(=O)Oc1ccccc1.